The Morgan fingerprint density at radius 3 is 2.62 bits per heavy atom. The molecular weight excluding hydrogens is 530 g/mol. The molecular formula is C35H53NO6. The number of rotatable bonds is 5. The number of carbonyl (C=O) groups excluding carboxylic acids is 1. The van der Waals surface area contributed by atoms with Crippen molar-refractivity contribution in [2.75, 3.05) is 7.05 Å². The summed E-state index contributed by atoms with van der Waals surface area (Å²) in [5, 5.41) is 24.5. The minimum Gasteiger partial charge on any atom is -0.389 e. The number of allylic oxidation sites excluding steroid dienone is 4. The predicted octanol–water partition coefficient (Wildman–Crippen LogP) is 5.38. The molecule has 0 bridgehead atoms. The Kier molecular flexibility index (Phi) is 9.68. The van der Waals surface area contributed by atoms with Crippen LogP contribution in [0.15, 0.2) is 48.1 Å². The van der Waals surface area contributed by atoms with E-state index in [1.165, 1.54) is 12.8 Å². The molecule has 1 saturated carbocycles. The van der Waals surface area contributed by atoms with Crippen LogP contribution >= 0.6 is 0 Å². The summed E-state index contributed by atoms with van der Waals surface area (Å²) >= 11 is 0. The Hall–Kier alpha value is -1.61. The highest BCUT2D eigenvalue weighted by molar-refractivity contribution is 6.09. The topological polar surface area (TPSA) is 97.3 Å². The zero-order valence-electron chi connectivity index (χ0n) is 26.3. The lowest BCUT2D eigenvalue weighted by Crippen LogP contribution is -2.46. The maximum atomic E-state index is 14.5. The van der Waals surface area contributed by atoms with Crippen LogP contribution < -0.4 is 5.32 Å². The molecule has 8 unspecified atom stereocenters. The second kappa shape index (κ2) is 12.8. The Balaban J connectivity index is 1.47. The first-order valence-corrected chi connectivity index (χ1v) is 16.3. The van der Waals surface area contributed by atoms with Crippen molar-refractivity contribution in [1.29, 1.82) is 0 Å². The van der Waals surface area contributed by atoms with Gasteiger partial charge in [0.2, 0.25) is 0 Å². The average Bonchev–Trinajstić information content (AvgIpc) is 3.47. The number of aliphatic hydroxyl groups excluding tert-OH is 2. The van der Waals surface area contributed by atoms with Gasteiger partial charge in [0.15, 0.2) is 18.4 Å². The van der Waals surface area contributed by atoms with Gasteiger partial charge in [-0.3, -0.25) is 4.79 Å². The van der Waals surface area contributed by atoms with Gasteiger partial charge in [-0.2, -0.15) is 0 Å². The Bertz CT molecular complexity index is 1100. The van der Waals surface area contributed by atoms with Crippen LogP contribution in [-0.2, 0) is 19.0 Å². The number of Topliss-reactive ketones (excluding diaryl/α,β-unsaturated/α-hetero) is 1. The monoisotopic (exact) mass is 583 g/mol. The van der Waals surface area contributed by atoms with Crippen LogP contribution in [0.2, 0.25) is 0 Å². The summed E-state index contributed by atoms with van der Waals surface area (Å²) in [5.74, 6) is 0.767. The summed E-state index contributed by atoms with van der Waals surface area (Å²) in [6.07, 6.45) is 15.0. The van der Waals surface area contributed by atoms with E-state index >= 15 is 0 Å². The van der Waals surface area contributed by atoms with Crippen LogP contribution in [-0.4, -0.2) is 66.1 Å². The fourth-order valence-corrected chi connectivity index (χ4v) is 8.63. The minimum absolute atomic E-state index is 0.00434. The van der Waals surface area contributed by atoms with Crippen molar-refractivity contribution >= 4 is 5.78 Å². The van der Waals surface area contributed by atoms with Crippen molar-refractivity contribution in [2.45, 2.75) is 129 Å². The number of nitrogens with one attached hydrogen (secondary N) is 1. The normalized spacial score (nSPS) is 45.5. The highest BCUT2D eigenvalue weighted by Crippen LogP contribution is 2.64. The van der Waals surface area contributed by atoms with Crippen LogP contribution in [0.25, 0.3) is 0 Å². The molecule has 7 heteroatoms. The van der Waals surface area contributed by atoms with Gasteiger partial charge in [0.1, 0.15) is 0 Å². The molecule has 3 N–H and O–H groups in total. The van der Waals surface area contributed by atoms with Crippen LogP contribution in [0.3, 0.4) is 0 Å². The van der Waals surface area contributed by atoms with E-state index in [2.05, 4.69) is 50.9 Å². The maximum absolute atomic E-state index is 14.5. The molecule has 0 aromatic heterocycles. The molecule has 0 amide bonds. The van der Waals surface area contributed by atoms with Crippen molar-refractivity contribution in [2.24, 2.45) is 28.6 Å². The zero-order valence-corrected chi connectivity index (χ0v) is 26.3. The smallest absolute Gasteiger partial charge is 0.187 e. The third-order valence-corrected chi connectivity index (χ3v) is 11.2. The van der Waals surface area contributed by atoms with E-state index in [0.29, 0.717) is 37.2 Å². The van der Waals surface area contributed by atoms with Gasteiger partial charge in [-0.05, 0) is 89.0 Å². The van der Waals surface area contributed by atoms with E-state index in [0.717, 1.165) is 24.8 Å². The summed E-state index contributed by atoms with van der Waals surface area (Å²) < 4.78 is 19.0. The number of fused-ring (bicyclic) bond motifs is 5. The summed E-state index contributed by atoms with van der Waals surface area (Å²) in [4.78, 5) is 14.5. The first kappa shape index (κ1) is 31.8. The highest BCUT2D eigenvalue weighted by atomic mass is 16.7. The van der Waals surface area contributed by atoms with Gasteiger partial charge in [0.25, 0.3) is 0 Å². The van der Waals surface area contributed by atoms with E-state index in [9.17, 15) is 15.0 Å². The summed E-state index contributed by atoms with van der Waals surface area (Å²) in [7, 11) is 1.95. The van der Waals surface area contributed by atoms with Crippen LogP contribution in [0, 0.1) is 28.6 Å². The van der Waals surface area contributed by atoms with Crippen LogP contribution in [0.4, 0.5) is 0 Å². The molecule has 234 valence electrons. The van der Waals surface area contributed by atoms with E-state index in [1.807, 2.05) is 13.1 Å². The molecule has 2 saturated heterocycles. The van der Waals surface area contributed by atoms with Crippen molar-refractivity contribution in [1.82, 2.24) is 5.32 Å². The molecule has 0 aromatic rings. The molecule has 5 rings (SSSR count). The molecule has 12 atom stereocenters. The lowest BCUT2D eigenvalue weighted by atomic mass is 9.58. The molecule has 3 aliphatic carbocycles. The lowest BCUT2D eigenvalue weighted by molar-refractivity contribution is -0.212. The number of ketones is 1. The largest absolute Gasteiger partial charge is 0.389 e. The van der Waals surface area contributed by atoms with Crippen LogP contribution in [0.5, 0.6) is 0 Å². The Morgan fingerprint density at radius 1 is 1.12 bits per heavy atom. The van der Waals surface area contributed by atoms with Crippen LogP contribution in [0.1, 0.15) is 85.5 Å². The molecule has 3 fully saturated rings. The van der Waals surface area contributed by atoms with Gasteiger partial charge >= 0.3 is 0 Å². The molecule has 7 nitrogen and oxygen atoms in total. The van der Waals surface area contributed by atoms with Crippen molar-refractivity contribution in [3.8, 4) is 0 Å². The van der Waals surface area contributed by atoms with Crippen molar-refractivity contribution < 1.29 is 29.2 Å². The number of hydrogen-bond donors (Lipinski definition) is 3. The average molecular weight is 584 g/mol. The lowest BCUT2D eigenvalue weighted by Gasteiger charge is -2.46. The molecule has 0 aromatic carbocycles. The summed E-state index contributed by atoms with van der Waals surface area (Å²) in [6, 6.07) is 0.276. The van der Waals surface area contributed by atoms with Gasteiger partial charge in [-0.25, -0.2) is 0 Å². The minimum atomic E-state index is -1.05. The van der Waals surface area contributed by atoms with Gasteiger partial charge in [-0.15, -0.1) is 0 Å². The Morgan fingerprint density at radius 2 is 1.90 bits per heavy atom. The summed E-state index contributed by atoms with van der Waals surface area (Å²) in [5.41, 5.74) is 0.692. The van der Waals surface area contributed by atoms with Gasteiger partial charge in [0, 0.05) is 29.0 Å². The molecule has 2 heterocycles. The quantitative estimate of drug-likeness (QED) is 0.295. The van der Waals surface area contributed by atoms with E-state index in [-0.39, 0.29) is 41.3 Å². The standard InChI is InChI=1S/C35H53NO6/c1-21(37)12-14-25-10-7-11-30(42-32-17-16-29(36-6)23(3)40-32)22(2)33(39)28-19-27-26(35(28,5)20-31(38)41-25)15-13-24-9-8-18-34(24,27)4/h12-15,19,21,23-27,29-32,36-38H,2,7-11,16-18,20H2,1,3-6H3/b14-12+/t21?,23-,24?,25?,26?,27?,29?,30+,31?,32?,34-,35+/m1/s1. The van der Waals surface area contributed by atoms with E-state index < -0.39 is 30.2 Å². The SMILES string of the molecule is C=C1C(=O)C2=CC3C(C=CC4CCC[C@]43C)[C@]2(C)CC(O)OC(/C=C/C(C)O)CCC[C@@H]1OC1CCC(NC)[C@@H](C)O1. The molecule has 0 spiro atoms. The van der Waals surface area contributed by atoms with E-state index in [4.69, 9.17) is 14.2 Å². The van der Waals surface area contributed by atoms with Gasteiger partial charge in [-0.1, -0.05) is 57.2 Å². The third-order valence-electron chi connectivity index (χ3n) is 11.2. The molecule has 2 aliphatic heterocycles. The first-order chi connectivity index (χ1) is 20.0. The maximum Gasteiger partial charge on any atom is 0.187 e. The number of hydrogen-bond acceptors (Lipinski definition) is 7. The van der Waals surface area contributed by atoms with Crippen molar-refractivity contribution in [3.05, 3.63) is 48.1 Å². The number of aliphatic hydroxyl groups is 2. The van der Waals surface area contributed by atoms with Gasteiger partial charge in [0.05, 0.1) is 24.4 Å². The van der Waals surface area contributed by atoms with E-state index in [1.54, 1.807) is 13.0 Å². The van der Waals surface area contributed by atoms with Crippen molar-refractivity contribution in [3.63, 3.8) is 0 Å². The number of carbonyl (C=O) groups is 1. The molecule has 0 radical (unpaired) electrons. The fourth-order valence-electron chi connectivity index (χ4n) is 8.63. The predicted molar refractivity (Wildman–Crippen MR) is 163 cm³/mol. The van der Waals surface area contributed by atoms with Gasteiger partial charge < -0.3 is 29.7 Å². The highest BCUT2D eigenvalue weighted by Gasteiger charge is 2.58. The zero-order chi connectivity index (χ0) is 30.2. The second-order valence-corrected chi connectivity index (χ2v) is 14.1. The fraction of sp³-hybridized carbons (Fsp3) is 0.743. The third kappa shape index (κ3) is 6.15. The molecule has 42 heavy (non-hydrogen) atoms. The number of ether oxygens (including phenoxy) is 3. The first-order valence-electron chi connectivity index (χ1n) is 16.3. The number of likely N-dealkylation sites (N-methyl/N-ethyl adjacent to an activating group) is 1. The molecule has 5 aliphatic rings. The summed E-state index contributed by atoms with van der Waals surface area (Å²) in [6.45, 7) is 12.6. The Labute approximate surface area is 252 Å². The second-order valence-electron chi connectivity index (χ2n) is 14.1.